The Morgan fingerprint density at radius 1 is 1.07 bits per heavy atom. The molecule has 156 valence electrons. The number of benzene rings is 2. The van der Waals surface area contributed by atoms with E-state index < -0.39 is 36.4 Å². The zero-order valence-electron chi connectivity index (χ0n) is 16.2. The average molecular weight is 440 g/mol. The lowest BCUT2D eigenvalue weighted by atomic mass is 9.91. The first-order chi connectivity index (χ1) is 13.8. The number of hydrogen-bond acceptors (Lipinski definition) is 6. The fourth-order valence-corrected chi connectivity index (χ4v) is 5.52. The van der Waals surface area contributed by atoms with Gasteiger partial charge in [-0.3, -0.25) is 19.5 Å². The van der Waals surface area contributed by atoms with Crippen molar-refractivity contribution < 1.29 is 23.3 Å². The first-order valence-electron chi connectivity index (χ1n) is 9.17. The van der Waals surface area contributed by atoms with Gasteiger partial charge >= 0.3 is 7.60 Å². The quantitative estimate of drug-likeness (QED) is 0.206. The molecule has 2 aromatic carbocycles. The normalized spacial score (nSPS) is 13.6. The molecule has 0 aromatic heterocycles. The second kappa shape index (κ2) is 10.6. The largest absolute Gasteiger partial charge is 0.342 e. The maximum absolute atomic E-state index is 13.7. The molecular formula is C20H23ClNO6P. The molecule has 0 spiro atoms. The summed E-state index contributed by atoms with van der Waals surface area (Å²) < 4.78 is 24.6. The van der Waals surface area contributed by atoms with Crippen LogP contribution in [-0.2, 0) is 13.6 Å². The van der Waals surface area contributed by atoms with Crippen molar-refractivity contribution in [2.45, 2.75) is 25.4 Å². The van der Waals surface area contributed by atoms with Crippen molar-refractivity contribution in [3.63, 3.8) is 0 Å². The number of rotatable bonds is 11. The van der Waals surface area contributed by atoms with Crippen LogP contribution in [0.1, 0.15) is 35.7 Å². The van der Waals surface area contributed by atoms with E-state index in [4.69, 9.17) is 20.6 Å². The van der Waals surface area contributed by atoms with Gasteiger partial charge in [-0.15, -0.1) is 0 Å². The first kappa shape index (κ1) is 23.2. The van der Waals surface area contributed by atoms with Crippen LogP contribution in [0.5, 0.6) is 0 Å². The third-order valence-corrected chi connectivity index (χ3v) is 7.07. The van der Waals surface area contributed by atoms with E-state index in [0.717, 1.165) is 0 Å². The molecule has 0 radical (unpaired) electrons. The number of halogens is 1. The van der Waals surface area contributed by atoms with Gasteiger partial charge in [-0.1, -0.05) is 54.1 Å². The summed E-state index contributed by atoms with van der Waals surface area (Å²) >= 11 is 5.94. The first-order valence-corrected chi connectivity index (χ1v) is 11.2. The molecule has 0 aliphatic carbocycles. The van der Waals surface area contributed by atoms with Crippen molar-refractivity contribution >= 4 is 25.0 Å². The zero-order valence-corrected chi connectivity index (χ0v) is 17.8. The molecular weight excluding hydrogens is 417 g/mol. The molecule has 0 saturated carbocycles. The molecule has 0 aliphatic rings. The Morgan fingerprint density at radius 2 is 1.62 bits per heavy atom. The maximum Gasteiger partial charge on any atom is 0.342 e. The van der Waals surface area contributed by atoms with Crippen molar-refractivity contribution in [3.05, 3.63) is 80.9 Å². The van der Waals surface area contributed by atoms with Crippen LogP contribution in [0.25, 0.3) is 0 Å². The van der Waals surface area contributed by atoms with Crippen LogP contribution in [0, 0.1) is 10.1 Å². The molecule has 2 aromatic rings. The van der Waals surface area contributed by atoms with E-state index in [0.29, 0.717) is 10.6 Å². The van der Waals surface area contributed by atoms with E-state index in [-0.39, 0.29) is 18.8 Å². The minimum atomic E-state index is -4.03. The van der Waals surface area contributed by atoms with Gasteiger partial charge in [-0.05, 0) is 31.5 Å². The monoisotopic (exact) mass is 439 g/mol. The van der Waals surface area contributed by atoms with Crippen LogP contribution >= 0.6 is 19.2 Å². The molecule has 0 aliphatic heterocycles. The molecule has 0 N–H and O–H groups in total. The number of carbonyl (C=O) groups excluding carboxylic acids is 1. The van der Waals surface area contributed by atoms with Gasteiger partial charge in [-0.2, -0.15) is 0 Å². The highest BCUT2D eigenvalue weighted by Crippen LogP contribution is 2.58. The molecule has 9 heteroatoms. The smallest absolute Gasteiger partial charge is 0.308 e. The second-order valence-electron chi connectivity index (χ2n) is 6.22. The Hall–Kier alpha value is -2.05. The van der Waals surface area contributed by atoms with E-state index in [2.05, 4.69) is 0 Å². The summed E-state index contributed by atoms with van der Waals surface area (Å²) in [5.41, 5.74) is -0.643. The maximum atomic E-state index is 13.7. The van der Waals surface area contributed by atoms with Crippen LogP contribution in [0.3, 0.4) is 0 Å². The Balaban J connectivity index is 2.66. The summed E-state index contributed by atoms with van der Waals surface area (Å²) in [5.74, 6) is -1.56. The molecule has 0 amide bonds. The zero-order chi connectivity index (χ0) is 21.4. The summed E-state index contributed by atoms with van der Waals surface area (Å²) in [6, 6.07) is 14.5. The molecule has 0 unspecified atom stereocenters. The van der Waals surface area contributed by atoms with Crippen molar-refractivity contribution in [3.8, 4) is 0 Å². The van der Waals surface area contributed by atoms with E-state index in [1.807, 2.05) is 0 Å². The van der Waals surface area contributed by atoms with Gasteiger partial charge in [0.2, 0.25) is 6.54 Å². The molecule has 0 heterocycles. The van der Waals surface area contributed by atoms with E-state index in [1.54, 1.807) is 68.4 Å². The number of ketones is 1. The van der Waals surface area contributed by atoms with Gasteiger partial charge in [0.15, 0.2) is 5.78 Å². The highest BCUT2D eigenvalue weighted by Gasteiger charge is 2.48. The van der Waals surface area contributed by atoms with Crippen LogP contribution in [0.15, 0.2) is 54.6 Å². The highest BCUT2D eigenvalue weighted by molar-refractivity contribution is 7.56. The molecule has 2 rings (SSSR count). The predicted octanol–water partition coefficient (Wildman–Crippen LogP) is 5.22. The van der Waals surface area contributed by atoms with Gasteiger partial charge < -0.3 is 9.05 Å². The molecule has 2 atom stereocenters. The van der Waals surface area contributed by atoms with Gasteiger partial charge in [0.1, 0.15) is 5.66 Å². The minimum Gasteiger partial charge on any atom is -0.308 e. The van der Waals surface area contributed by atoms with Gasteiger partial charge in [-0.25, -0.2) is 0 Å². The summed E-state index contributed by atoms with van der Waals surface area (Å²) in [4.78, 5) is 24.3. The minimum absolute atomic E-state index is 0.0294. The average Bonchev–Trinajstić information content (AvgIpc) is 2.68. The van der Waals surface area contributed by atoms with Gasteiger partial charge in [0.05, 0.1) is 19.1 Å². The Bertz CT molecular complexity index is 864. The van der Waals surface area contributed by atoms with Gasteiger partial charge in [0.25, 0.3) is 0 Å². The molecule has 0 saturated heterocycles. The van der Waals surface area contributed by atoms with Crippen LogP contribution in [0.4, 0.5) is 0 Å². The second-order valence-corrected chi connectivity index (χ2v) is 8.81. The molecule has 0 fully saturated rings. The fourth-order valence-electron chi connectivity index (χ4n) is 3.14. The third kappa shape index (κ3) is 5.97. The van der Waals surface area contributed by atoms with E-state index in [1.165, 1.54) is 0 Å². The lowest BCUT2D eigenvalue weighted by Crippen LogP contribution is -2.34. The van der Waals surface area contributed by atoms with Crippen LogP contribution in [-0.4, -0.2) is 36.1 Å². The lowest BCUT2D eigenvalue weighted by Gasteiger charge is -2.30. The van der Waals surface area contributed by atoms with E-state index >= 15 is 0 Å². The molecule has 7 nitrogen and oxygen atoms in total. The Kier molecular flexibility index (Phi) is 8.53. The summed E-state index contributed by atoms with van der Waals surface area (Å²) in [6.07, 6.45) is 0. The predicted molar refractivity (Wildman–Crippen MR) is 111 cm³/mol. The topological polar surface area (TPSA) is 95.7 Å². The number of nitrogens with zero attached hydrogens (tertiary/aromatic N) is 1. The SMILES string of the molecule is CCOP(=O)(OCC)[C@H](C(=O)c1ccccc1)[C@@H](C[N+](=O)[O-])c1ccc(Cl)cc1. The summed E-state index contributed by atoms with van der Waals surface area (Å²) in [6.45, 7) is 2.69. The third-order valence-electron chi connectivity index (χ3n) is 4.31. The number of carbonyl (C=O) groups is 1. The number of hydrogen-bond donors (Lipinski definition) is 0. The standard InChI is InChI=1S/C20H23ClNO6P/c1-3-27-29(26,28-4-2)20(19(23)16-8-6-5-7-9-16)18(14-22(24)25)15-10-12-17(21)13-11-15/h5-13,18,20H,3-4,14H2,1-2H3/t18-,20-/m0/s1. The Morgan fingerprint density at radius 3 is 2.10 bits per heavy atom. The van der Waals surface area contributed by atoms with E-state index in [9.17, 15) is 19.5 Å². The molecule has 29 heavy (non-hydrogen) atoms. The number of nitro groups is 1. The number of Topliss-reactive ketones (excluding diaryl/α,β-unsaturated/α-hetero) is 1. The van der Waals surface area contributed by atoms with Crippen molar-refractivity contribution in [2.24, 2.45) is 0 Å². The van der Waals surface area contributed by atoms with Crippen molar-refractivity contribution in [1.82, 2.24) is 0 Å². The summed E-state index contributed by atoms with van der Waals surface area (Å²) in [5, 5.41) is 11.9. The van der Waals surface area contributed by atoms with Crippen LogP contribution < -0.4 is 0 Å². The van der Waals surface area contributed by atoms with Crippen LogP contribution in [0.2, 0.25) is 5.02 Å². The summed E-state index contributed by atoms with van der Waals surface area (Å²) in [7, 11) is -4.03. The Labute approximate surface area is 174 Å². The van der Waals surface area contributed by atoms with Crippen molar-refractivity contribution in [1.29, 1.82) is 0 Å². The lowest BCUT2D eigenvalue weighted by molar-refractivity contribution is -0.483. The molecule has 0 bridgehead atoms. The van der Waals surface area contributed by atoms with Gasteiger partial charge in [0, 0.05) is 15.5 Å². The van der Waals surface area contributed by atoms with Crippen molar-refractivity contribution in [2.75, 3.05) is 19.8 Å². The fraction of sp³-hybridized carbons (Fsp3) is 0.350. The highest BCUT2D eigenvalue weighted by atomic mass is 35.5.